The van der Waals surface area contributed by atoms with E-state index in [1.165, 1.54) is 11.3 Å². The van der Waals surface area contributed by atoms with Crippen molar-refractivity contribution >= 4 is 16.8 Å². The molecule has 0 atom stereocenters. The van der Waals surface area contributed by atoms with Gasteiger partial charge >= 0.3 is 0 Å². The number of ketones is 1. The van der Waals surface area contributed by atoms with Crippen LogP contribution in [0.15, 0.2) is 42.5 Å². The molecule has 0 spiro atoms. The van der Waals surface area contributed by atoms with Crippen LogP contribution in [0.2, 0.25) is 0 Å². The number of benzene rings is 2. The summed E-state index contributed by atoms with van der Waals surface area (Å²) < 4.78 is 23.2. The number of pyridine rings is 1. The van der Waals surface area contributed by atoms with Gasteiger partial charge in [0.1, 0.15) is 11.4 Å². The van der Waals surface area contributed by atoms with Crippen molar-refractivity contribution in [2.24, 2.45) is 7.05 Å². The lowest BCUT2D eigenvalue weighted by atomic mass is 9.87. The van der Waals surface area contributed by atoms with E-state index in [0.717, 1.165) is 70.2 Å². The van der Waals surface area contributed by atoms with E-state index in [4.69, 9.17) is 9.72 Å². The molecule has 3 heterocycles. The molecule has 0 radical (unpaired) electrons. The fraction of sp³-hybridized carbons (Fsp3) is 0.355. The zero-order valence-electron chi connectivity index (χ0n) is 21.6. The lowest BCUT2D eigenvalue weighted by Gasteiger charge is -2.23. The van der Waals surface area contributed by atoms with Crippen LogP contribution in [0.5, 0.6) is 5.75 Å². The third kappa shape index (κ3) is 4.32. The quantitative estimate of drug-likeness (QED) is 0.296. The predicted molar refractivity (Wildman–Crippen MR) is 142 cm³/mol. The second-order valence-electron chi connectivity index (χ2n) is 9.83. The Morgan fingerprint density at radius 2 is 1.92 bits per heavy atom. The summed E-state index contributed by atoms with van der Waals surface area (Å²) in [5, 5.41) is 0.976. The standard InChI is InChI=1S/C31H33FN2O2/c1-5-23(35)17-26-20(3)33-31-27(16-22(34(31)4)14-13-21-10-7-6-8-11-21)29(26)25-18-28(32)30-24(19(25)2)12-9-15-36-30/h6-8,10-11,16,18H,5,9,12-15,17H2,1-4H3. The van der Waals surface area contributed by atoms with E-state index in [9.17, 15) is 4.79 Å². The molecule has 0 fully saturated rings. The first-order chi connectivity index (χ1) is 17.4. The zero-order valence-corrected chi connectivity index (χ0v) is 21.6. The lowest BCUT2D eigenvalue weighted by molar-refractivity contribution is -0.118. The number of carbonyl (C=O) groups excluding carboxylic acids is 1. The molecular formula is C31H33FN2O2. The minimum Gasteiger partial charge on any atom is -0.490 e. The summed E-state index contributed by atoms with van der Waals surface area (Å²) in [7, 11) is 2.05. The highest BCUT2D eigenvalue weighted by molar-refractivity contribution is 5.99. The van der Waals surface area contributed by atoms with E-state index in [2.05, 4.69) is 41.8 Å². The molecule has 186 valence electrons. The molecule has 5 rings (SSSR count). The highest BCUT2D eigenvalue weighted by atomic mass is 19.1. The van der Waals surface area contributed by atoms with Crippen LogP contribution >= 0.6 is 0 Å². The van der Waals surface area contributed by atoms with Crippen molar-refractivity contribution in [3.05, 3.63) is 81.9 Å². The summed E-state index contributed by atoms with van der Waals surface area (Å²) >= 11 is 0. The van der Waals surface area contributed by atoms with Crippen molar-refractivity contribution < 1.29 is 13.9 Å². The maximum Gasteiger partial charge on any atom is 0.165 e. The number of hydrogen-bond donors (Lipinski definition) is 0. The first kappa shape index (κ1) is 24.2. The van der Waals surface area contributed by atoms with E-state index in [1.807, 2.05) is 27.0 Å². The van der Waals surface area contributed by atoms with Crippen LogP contribution in [-0.2, 0) is 37.5 Å². The number of rotatable bonds is 7. The summed E-state index contributed by atoms with van der Waals surface area (Å²) in [6.07, 6.45) is 4.20. The summed E-state index contributed by atoms with van der Waals surface area (Å²) in [5.74, 6) is 0.202. The fourth-order valence-electron chi connectivity index (χ4n) is 5.45. The van der Waals surface area contributed by atoms with Crippen LogP contribution in [0.1, 0.15) is 53.4 Å². The summed E-state index contributed by atoms with van der Waals surface area (Å²) in [5.41, 5.74) is 8.78. The largest absolute Gasteiger partial charge is 0.490 e. The molecule has 0 unspecified atom stereocenters. The highest BCUT2D eigenvalue weighted by Crippen LogP contribution is 2.42. The van der Waals surface area contributed by atoms with Crippen LogP contribution < -0.4 is 4.74 Å². The molecule has 0 saturated carbocycles. The van der Waals surface area contributed by atoms with E-state index in [0.29, 0.717) is 25.2 Å². The van der Waals surface area contributed by atoms with Crippen molar-refractivity contribution in [1.82, 2.24) is 9.55 Å². The van der Waals surface area contributed by atoms with Crippen LogP contribution in [0.25, 0.3) is 22.2 Å². The van der Waals surface area contributed by atoms with Crippen molar-refractivity contribution in [1.29, 1.82) is 0 Å². The topological polar surface area (TPSA) is 44.1 Å². The second-order valence-corrected chi connectivity index (χ2v) is 9.83. The SMILES string of the molecule is CCC(=O)Cc1c(C)nc2c(cc(CCc3ccccc3)n2C)c1-c1cc(F)c2c(c1C)CCCO2. The Bertz CT molecular complexity index is 1450. The van der Waals surface area contributed by atoms with Gasteiger partial charge in [0.15, 0.2) is 11.6 Å². The summed E-state index contributed by atoms with van der Waals surface area (Å²) in [4.78, 5) is 17.6. The first-order valence-corrected chi connectivity index (χ1v) is 12.9. The molecule has 2 aromatic carbocycles. The summed E-state index contributed by atoms with van der Waals surface area (Å²) in [6, 6.07) is 14.2. The number of Topliss-reactive ketones (excluding diaryl/α,β-unsaturated/α-hetero) is 1. The molecule has 4 nitrogen and oxygen atoms in total. The third-order valence-electron chi connectivity index (χ3n) is 7.57. The molecule has 0 N–H and O–H groups in total. The average Bonchev–Trinajstić information content (AvgIpc) is 3.20. The molecule has 5 heteroatoms. The molecule has 36 heavy (non-hydrogen) atoms. The van der Waals surface area contributed by atoms with Crippen molar-refractivity contribution in [2.75, 3.05) is 6.61 Å². The van der Waals surface area contributed by atoms with Gasteiger partial charge in [-0.2, -0.15) is 0 Å². The minimum atomic E-state index is -0.332. The Balaban J connectivity index is 1.72. The molecule has 0 aliphatic carbocycles. The third-order valence-corrected chi connectivity index (χ3v) is 7.57. The highest BCUT2D eigenvalue weighted by Gasteiger charge is 2.26. The number of aryl methyl sites for hydroxylation is 4. The van der Waals surface area contributed by atoms with Gasteiger partial charge in [-0.05, 0) is 79.5 Å². The van der Waals surface area contributed by atoms with Gasteiger partial charge in [0.25, 0.3) is 0 Å². The molecule has 2 aromatic heterocycles. The lowest BCUT2D eigenvalue weighted by Crippen LogP contribution is -2.13. The van der Waals surface area contributed by atoms with E-state index in [-0.39, 0.29) is 11.6 Å². The fourth-order valence-corrected chi connectivity index (χ4v) is 5.45. The Hall–Kier alpha value is -3.47. The van der Waals surface area contributed by atoms with Gasteiger partial charge in [-0.3, -0.25) is 4.79 Å². The normalized spacial score (nSPS) is 13.0. The Labute approximate surface area is 212 Å². The molecular weight excluding hydrogens is 451 g/mol. The number of nitrogens with zero attached hydrogens (tertiary/aromatic N) is 2. The maximum atomic E-state index is 15.3. The van der Waals surface area contributed by atoms with Gasteiger partial charge in [-0.1, -0.05) is 37.3 Å². The molecule has 4 aromatic rings. The molecule has 0 amide bonds. The molecule has 1 aliphatic rings. The smallest absolute Gasteiger partial charge is 0.165 e. The number of hydrogen-bond acceptors (Lipinski definition) is 3. The number of halogens is 1. The van der Waals surface area contributed by atoms with Crippen molar-refractivity contribution in [3.63, 3.8) is 0 Å². The van der Waals surface area contributed by atoms with E-state index in [1.54, 1.807) is 6.07 Å². The van der Waals surface area contributed by atoms with E-state index < -0.39 is 0 Å². The van der Waals surface area contributed by atoms with Crippen molar-refractivity contribution in [3.8, 4) is 16.9 Å². The molecule has 0 bridgehead atoms. The number of aromatic nitrogens is 2. The predicted octanol–water partition coefficient (Wildman–Crippen LogP) is 6.63. The monoisotopic (exact) mass is 484 g/mol. The van der Waals surface area contributed by atoms with Gasteiger partial charge in [-0.15, -0.1) is 0 Å². The van der Waals surface area contributed by atoms with E-state index >= 15 is 4.39 Å². The average molecular weight is 485 g/mol. The zero-order chi connectivity index (χ0) is 25.4. The van der Waals surface area contributed by atoms with Gasteiger partial charge in [0, 0.05) is 42.2 Å². The van der Waals surface area contributed by atoms with Crippen LogP contribution in [0.3, 0.4) is 0 Å². The van der Waals surface area contributed by atoms with Gasteiger partial charge in [0.2, 0.25) is 0 Å². The van der Waals surface area contributed by atoms with Gasteiger partial charge < -0.3 is 9.30 Å². The molecule has 0 saturated heterocycles. The van der Waals surface area contributed by atoms with Crippen molar-refractivity contribution in [2.45, 2.75) is 59.3 Å². The minimum absolute atomic E-state index is 0.153. The maximum absolute atomic E-state index is 15.3. The Morgan fingerprint density at radius 1 is 1.14 bits per heavy atom. The Morgan fingerprint density at radius 3 is 2.67 bits per heavy atom. The van der Waals surface area contributed by atoms with Crippen LogP contribution in [0, 0.1) is 19.7 Å². The molecule has 1 aliphatic heterocycles. The van der Waals surface area contributed by atoms with Crippen LogP contribution in [-0.4, -0.2) is 21.9 Å². The second kappa shape index (κ2) is 9.88. The van der Waals surface area contributed by atoms with Crippen LogP contribution in [0.4, 0.5) is 4.39 Å². The Kier molecular flexibility index (Phi) is 6.65. The van der Waals surface area contributed by atoms with Gasteiger partial charge in [0.05, 0.1) is 6.61 Å². The first-order valence-electron chi connectivity index (χ1n) is 12.9. The summed E-state index contributed by atoms with van der Waals surface area (Å²) in [6.45, 7) is 6.44. The number of fused-ring (bicyclic) bond motifs is 2. The number of carbonyl (C=O) groups is 1. The van der Waals surface area contributed by atoms with Gasteiger partial charge in [-0.25, -0.2) is 9.37 Å². The number of ether oxygens (including phenoxy) is 1.